The lowest BCUT2D eigenvalue weighted by Crippen LogP contribution is -2.08. The van der Waals surface area contributed by atoms with Gasteiger partial charge >= 0.3 is 12.6 Å². The first-order valence-electron chi connectivity index (χ1n) is 8.89. The fraction of sp³-hybridized carbons (Fsp3) is 0.286. The number of methoxy groups -OCH3 is 1. The largest absolute Gasteiger partial charge is 0.493 e. The Morgan fingerprint density at radius 3 is 2.53 bits per heavy atom. The molecular weight excluding hydrogens is 398 g/mol. The van der Waals surface area contributed by atoms with Crippen molar-refractivity contribution in [1.29, 1.82) is 5.26 Å². The lowest BCUT2D eigenvalue weighted by Gasteiger charge is -2.10. The zero-order valence-electron chi connectivity index (χ0n) is 16.8. The molecule has 0 spiro atoms. The highest BCUT2D eigenvalue weighted by molar-refractivity contribution is 6.15. The van der Waals surface area contributed by atoms with Gasteiger partial charge in [0.25, 0.3) is 0 Å². The molecule has 0 aliphatic heterocycles. The van der Waals surface area contributed by atoms with Crippen LogP contribution >= 0.6 is 0 Å². The second-order valence-corrected chi connectivity index (χ2v) is 6.13. The molecule has 0 unspecified atom stereocenters. The number of benzene rings is 1. The first-order chi connectivity index (χ1) is 14.2. The SMILES string of the molecule is CCOC(=O)c1c(C)[nH]c(C(=O)/C(C#N)=C/c2ccc(OC)c(OC(F)F)c2)c1C. The van der Waals surface area contributed by atoms with Crippen molar-refractivity contribution in [3.05, 3.63) is 51.9 Å². The molecule has 0 bridgehead atoms. The van der Waals surface area contributed by atoms with Crippen LogP contribution in [0.4, 0.5) is 8.78 Å². The summed E-state index contributed by atoms with van der Waals surface area (Å²) in [5, 5.41) is 9.47. The Balaban J connectivity index is 2.45. The molecule has 1 aromatic heterocycles. The van der Waals surface area contributed by atoms with Crippen LogP contribution in [0.2, 0.25) is 0 Å². The second-order valence-electron chi connectivity index (χ2n) is 6.13. The Kier molecular flexibility index (Phi) is 7.31. The van der Waals surface area contributed by atoms with Crippen molar-refractivity contribution >= 4 is 17.8 Å². The number of hydrogen-bond acceptors (Lipinski definition) is 6. The summed E-state index contributed by atoms with van der Waals surface area (Å²) in [6.45, 7) is 1.96. The van der Waals surface area contributed by atoms with E-state index in [9.17, 15) is 23.6 Å². The number of carbonyl (C=O) groups is 2. The van der Waals surface area contributed by atoms with Gasteiger partial charge in [0.2, 0.25) is 5.78 Å². The van der Waals surface area contributed by atoms with E-state index in [1.807, 2.05) is 0 Å². The lowest BCUT2D eigenvalue weighted by atomic mass is 10.0. The molecule has 1 aromatic carbocycles. The van der Waals surface area contributed by atoms with E-state index in [2.05, 4.69) is 9.72 Å². The molecule has 7 nitrogen and oxygen atoms in total. The van der Waals surface area contributed by atoms with Crippen LogP contribution in [-0.4, -0.2) is 37.1 Å². The number of nitrogens with zero attached hydrogens (tertiary/aromatic N) is 1. The summed E-state index contributed by atoms with van der Waals surface area (Å²) in [6, 6.07) is 5.90. The zero-order valence-corrected chi connectivity index (χ0v) is 16.8. The summed E-state index contributed by atoms with van der Waals surface area (Å²) >= 11 is 0. The molecule has 0 saturated heterocycles. The van der Waals surface area contributed by atoms with Crippen LogP contribution in [-0.2, 0) is 4.74 Å². The fourth-order valence-corrected chi connectivity index (χ4v) is 2.91. The molecule has 0 amide bonds. The van der Waals surface area contributed by atoms with Gasteiger partial charge in [-0.15, -0.1) is 0 Å². The standard InChI is InChI=1S/C21H20F2N2O5/c1-5-29-20(27)17-11(2)18(25-12(17)3)19(26)14(10-24)8-13-6-7-15(28-4)16(9-13)30-21(22)23/h6-9,21,25H,5H2,1-4H3/b14-8+. The monoisotopic (exact) mass is 418 g/mol. The number of H-pyrrole nitrogens is 1. The van der Waals surface area contributed by atoms with Crippen molar-refractivity contribution in [2.24, 2.45) is 0 Å². The number of ether oxygens (including phenoxy) is 3. The maximum absolute atomic E-state index is 12.9. The van der Waals surface area contributed by atoms with Gasteiger partial charge in [-0.25, -0.2) is 4.79 Å². The van der Waals surface area contributed by atoms with Crippen LogP contribution in [0.3, 0.4) is 0 Å². The van der Waals surface area contributed by atoms with Crippen molar-refractivity contribution in [3.8, 4) is 17.6 Å². The molecule has 30 heavy (non-hydrogen) atoms. The first-order valence-corrected chi connectivity index (χ1v) is 8.89. The number of carbonyl (C=O) groups excluding carboxylic acids is 2. The van der Waals surface area contributed by atoms with E-state index >= 15 is 0 Å². The van der Waals surface area contributed by atoms with Crippen LogP contribution in [0.15, 0.2) is 23.8 Å². The predicted molar refractivity (Wildman–Crippen MR) is 104 cm³/mol. The van der Waals surface area contributed by atoms with Crippen molar-refractivity contribution in [2.45, 2.75) is 27.4 Å². The number of nitriles is 1. The molecule has 2 aromatic rings. The number of Topliss-reactive ketones (excluding diaryl/α,β-unsaturated/α-hetero) is 1. The van der Waals surface area contributed by atoms with E-state index in [-0.39, 0.29) is 40.5 Å². The molecule has 0 saturated carbocycles. The van der Waals surface area contributed by atoms with Gasteiger partial charge in [-0.05, 0) is 50.1 Å². The number of ketones is 1. The average Bonchev–Trinajstić information content (AvgIpc) is 2.99. The highest BCUT2D eigenvalue weighted by Crippen LogP contribution is 2.30. The number of nitrogens with one attached hydrogen (secondary N) is 1. The smallest absolute Gasteiger partial charge is 0.387 e. The van der Waals surface area contributed by atoms with E-state index in [0.717, 1.165) is 0 Å². The third-order valence-corrected chi connectivity index (χ3v) is 4.22. The number of allylic oxidation sites excluding steroid dienone is 1. The van der Waals surface area contributed by atoms with Gasteiger partial charge in [0.1, 0.15) is 11.6 Å². The minimum Gasteiger partial charge on any atom is -0.493 e. The second kappa shape index (κ2) is 9.69. The maximum Gasteiger partial charge on any atom is 0.387 e. The van der Waals surface area contributed by atoms with E-state index in [4.69, 9.17) is 9.47 Å². The number of hydrogen-bond donors (Lipinski definition) is 1. The topological polar surface area (TPSA) is 101 Å². The fourth-order valence-electron chi connectivity index (χ4n) is 2.91. The number of halogens is 2. The molecule has 0 radical (unpaired) electrons. The Labute approximate surface area is 171 Å². The van der Waals surface area contributed by atoms with E-state index in [1.165, 1.54) is 31.4 Å². The van der Waals surface area contributed by atoms with Gasteiger partial charge in [0, 0.05) is 5.69 Å². The van der Waals surface area contributed by atoms with Crippen LogP contribution in [0.5, 0.6) is 11.5 Å². The first kappa shape index (κ1) is 22.6. The summed E-state index contributed by atoms with van der Waals surface area (Å²) in [4.78, 5) is 27.8. The third kappa shape index (κ3) is 4.84. The van der Waals surface area contributed by atoms with Crippen LogP contribution in [0.25, 0.3) is 6.08 Å². The van der Waals surface area contributed by atoms with Gasteiger partial charge in [0.15, 0.2) is 11.5 Å². The highest BCUT2D eigenvalue weighted by Gasteiger charge is 2.25. The van der Waals surface area contributed by atoms with E-state index in [1.54, 1.807) is 26.8 Å². The maximum atomic E-state index is 12.9. The van der Waals surface area contributed by atoms with Gasteiger partial charge in [0.05, 0.1) is 25.0 Å². The number of rotatable bonds is 8. The van der Waals surface area contributed by atoms with Crippen LogP contribution in [0.1, 0.15) is 44.6 Å². The van der Waals surface area contributed by atoms with Crippen LogP contribution in [0, 0.1) is 25.2 Å². The normalized spacial score (nSPS) is 11.2. The van der Waals surface area contributed by atoms with Gasteiger partial charge in [-0.1, -0.05) is 6.07 Å². The van der Waals surface area contributed by atoms with Crippen molar-refractivity contribution < 1.29 is 32.6 Å². The number of esters is 1. The van der Waals surface area contributed by atoms with Gasteiger partial charge in [-0.3, -0.25) is 4.79 Å². The number of aromatic amines is 1. The summed E-state index contributed by atoms with van der Waals surface area (Å²) in [7, 11) is 1.30. The minimum atomic E-state index is -3.07. The highest BCUT2D eigenvalue weighted by atomic mass is 19.3. The molecule has 0 atom stereocenters. The summed E-state index contributed by atoms with van der Waals surface area (Å²) < 4.78 is 39.6. The quantitative estimate of drug-likeness (QED) is 0.298. The van der Waals surface area contributed by atoms with Gasteiger partial charge < -0.3 is 19.2 Å². The van der Waals surface area contributed by atoms with E-state index < -0.39 is 18.4 Å². The Bertz CT molecular complexity index is 1030. The molecule has 1 heterocycles. The Morgan fingerprint density at radius 1 is 1.27 bits per heavy atom. The summed E-state index contributed by atoms with van der Waals surface area (Å²) in [5.41, 5.74) is 1.11. The number of aromatic nitrogens is 1. The molecule has 0 aliphatic carbocycles. The Hall–Kier alpha value is -3.67. The van der Waals surface area contributed by atoms with Crippen LogP contribution < -0.4 is 9.47 Å². The number of aryl methyl sites for hydroxylation is 1. The van der Waals surface area contributed by atoms with Crippen molar-refractivity contribution in [3.63, 3.8) is 0 Å². The molecular formula is C21H20F2N2O5. The summed E-state index contributed by atoms with van der Waals surface area (Å²) in [6.07, 6.45) is 1.24. The van der Waals surface area contributed by atoms with E-state index in [0.29, 0.717) is 11.3 Å². The summed E-state index contributed by atoms with van der Waals surface area (Å²) in [5.74, 6) is -1.38. The molecule has 1 N–H and O–H groups in total. The Morgan fingerprint density at radius 2 is 1.97 bits per heavy atom. The lowest BCUT2D eigenvalue weighted by molar-refractivity contribution is -0.0512. The molecule has 2 rings (SSSR count). The zero-order chi connectivity index (χ0) is 22.4. The molecule has 0 aliphatic rings. The molecule has 0 fully saturated rings. The number of alkyl halides is 2. The molecule has 158 valence electrons. The minimum absolute atomic E-state index is 0.0703. The van der Waals surface area contributed by atoms with Crippen molar-refractivity contribution in [2.75, 3.05) is 13.7 Å². The van der Waals surface area contributed by atoms with Gasteiger partial charge in [-0.2, -0.15) is 14.0 Å². The third-order valence-electron chi connectivity index (χ3n) is 4.22. The predicted octanol–water partition coefficient (Wildman–Crippen LogP) is 4.21. The molecule has 9 heteroatoms. The van der Waals surface area contributed by atoms with Crippen molar-refractivity contribution in [1.82, 2.24) is 4.98 Å². The average molecular weight is 418 g/mol.